The van der Waals surface area contributed by atoms with Gasteiger partial charge in [0.25, 0.3) is 0 Å². The molecule has 17 heavy (non-hydrogen) atoms. The molecule has 0 spiro atoms. The molecule has 0 bridgehead atoms. The molecule has 1 N–H and O–H groups in total. The Kier molecular flexibility index (Phi) is 6.19. The van der Waals surface area contributed by atoms with E-state index >= 15 is 0 Å². The van der Waals surface area contributed by atoms with Crippen molar-refractivity contribution >= 4 is 0 Å². The fourth-order valence-electron chi connectivity index (χ4n) is 2.09. The molecule has 98 valence electrons. The lowest BCUT2D eigenvalue weighted by atomic mass is 10.0. The molecule has 0 aliphatic heterocycles. The monoisotopic (exact) mass is 238 g/mol. The van der Waals surface area contributed by atoms with Crippen molar-refractivity contribution in [3.63, 3.8) is 0 Å². The predicted molar refractivity (Wildman–Crippen MR) is 70.9 cm³/mol. The standard InChI is InChI=1S/C13H26N4/c1-5-7-14-12(8-11(3)4)9-13-15-10-16-17(13)6-2/h10-12,14H,5-9H2,1-4H3. The van der Waals surface area contributed by atoms with Crippen molar-refractivity contribution in [2.24, 2.45) is 5.92 Å². The van der Waals surface area contributed by atoms with Crippen molar-refractivity contribution in [3.05, 3.63) is 12.2 Å². The van der Waals surface area contributed by atoms with E-state index in [1.165, 1.54) is 12.8 Å². The zero-order valence-electron chi connectivity index (χ0n) is 11.6. The fourth-order valence-corrected chi connectivity index (χ4v) is 2.09. The van der Waals surface area contributed by atoms with Gasteiger partial charge in [-0.05, 0) is 32.2 Å². The van der Waals surface area contributed by atoms with Crippen molar-refractivity contribution in [2.75, 3.05) is 6.54 Å². The van der Waals surface area contributed by atoms with Gasteiger partial charge in [0.05, 0.1) is 0 Å². The van der Waals surface area contributed by atoms with Crippen LogP contribution in [0.25, 0.3) is 0 Å². The molecule has 0 amide bonds. The van der Waals surface area contributed by atoms with Crippen LogP contribution < -0.4 is 5.32 Å². The van der Waals surface area contributed by atoms with Gasteiger partial charge in [-0.15, -0.1) is 0 Å². The second-order valence-electron chi connectivity index (χ2n) is 4.98. The predicted octanol–water partition coefficient (Wildman–Crippen LogP) is 2.25. The van der Waals surface area contributed by atoms with Gasteiger partial charge in [0.15, 0.2) is 0 Å². The molecule has 0 aliphatic rings. The third-order valence-electron chi connectivity index (χ3n) is 2.86. The molecule has 1 rings (SSSR count). The van der Waals surface area contributed by atoms with E-state index in [4.69, 9.17) is 0 Å². The van der Waals surface area contributed by atoms with E-state index in [0.29, 0.717) is 12.0 Å². The molecule has 1 aromatic heterocycles. The van der Waals surface area contributed by atoms with Gasteiger partial charge in [-0.1, -0.05) is 20.8 Å². The van der Waals surface area contributed by atoms with Gasteiger partial charge in [-0.3, -0.25) is 4.68 Å². The third kappa shape index (κ3) is 4.86. The molecule has 1 heterocycles. The summed E-state index contributed by atoms with van der Waals surface area (Å²) in [6.07, 6.45) is 5.00. The summed E-state index contributed by atoms with van der Waals surface area (Å²) in [4.78, 5) is 4.35. The lowest BCUT2D eigenvalue weighted by molar-refractivity contribution is 0.403. The minimum absolute atomic E-state index is 0.518. The first-order chi connectivity index (χ1) is 8.17. The summed E-state index contributed by atoms with van der Waals surface area (Å²) in [5.74, 6) is 1.81. The van der Waals surface area contributed by atoms with Crippen LogP contribution in [0, 0.1) is 5.92 Å². The Hall–Kier alpha value is -0.900. The quantitative estimate of drug-likeness (QED) is 0.755. The SMILES string of the molecule is CCCNC(Cc1ncnn1CC)CC(C)C. The van der Waals surface area contributed by atoms with Crippen LogP contribution >= 0.6 is 0 Å². The molecule has 0 aromatic carbocycles. The van der Waals surface area contributed by atoms with E-state index in [1.807, 2.05) is 4.68 Å². The number of rotatable bonds is 8. The minimum atomic E-state index is 0.518. The average Bonchev–Trinajstić information content (AvgIpc) is 2.72. The van der Waals surface area contributed by atoms with E-state index in [0.717, 1.165) is 25.3 Å². The highest BCUT2D eigenvalue weighted by Crippen LogP contribution is 2.09. The van der Waals surface area contributed by atoms with Crippen LogP contribution in [-0.2, 0) is 13.0 Å². The van der Waals surface area contributed by atoms with Gasteiger partial charge in [-0.2, -0.15) is 5.10 Å². The number of aryl methyl sites for hydroxylation is 1. The maximum Gasteiger partial charge on any atom is 0.138 e. The first-order valence-electron chi connectivity index (χ1n) is 6.77. The Balaban J connectivity index is 2.58. The molecule has 0 fully saturated rings. The van der Waals surface area contributed by atoms with Crippen molar-refractivity contribution in [3.8, 4) is 0 Å². The van der Waals surface area contributed by atoms with Crippen LogP contribution in [0.1, 0.15) is 46.4 Å². The largest absolute Gasteiger partial charge is 0.314 e. The first-order valence-corrected chi connectivity index (χ1v) is 6.77. The molecule has 4 heteroatoms. The molecular weight excluding hydrogens is 212 g/mol. The average molecular weight is 238 g/mol. The highest BCUT2D eigenvalue weighted by Gasteiger charge is 2.14. The third-order valence-corrected chi connectivity index (χ3v) is 2.86. The highest BCUT2D eigenvalue weighted by atomic mass is 15.3. The van der Waals surface area contributed by atoms with Gasteiger partial charge >= 0.3 is 0 Å². The van der Waals surface area contributed by atoms with E-state index in [9.17, 15) is 0 Å². The summed E-state index contributed by atoms with van der Waals surface area (Å²) < 4.78 is 1.99. The lowest BCUT2D eigenvalue weighted by Crippen LogP contribution is -2.34. The molecule has 4 nitrogen and oxygen atoms in total. The van der Waals surface area contributed by atoms with Gasteiger partial charge in [0, 0.05) is 19.0 Å². The molecule has 0 radical (unpaired) electrons. The second kappa shape index (κ2) is 7.43. The maximum absolute atomic E-state index is 4.35. The number of hydrogen-bond acceptors (Lipinski definition) is 3. The number of nitrogens with zero attached hydrogens (tertiary/aromatic N) is 3. The number of nitrogens with one attached hydrogen (secondary N) is 1. The smallest absolute Gasteiger partial charge is 0.138 e. The van der Waals surface area contributed by atoms with Crippen LogP contribution in [0.2, 0.25) is 0 Å². The normalized spacial score (nSPS) is 13.2. The van der Waals surface area contributed by atoms with Crippen molar-refractivity contribution in [2.45, 2.75) is 59.5 Å². The molecular formula is C13H26N4. The Labute approximate surface area is 105 Å². The molecule has 1 unspecified atom stereocenters. The summed E-state index contributed by atoms with van der Waals surface area (Å²) in [5, 5.41) is 7.83. The molecule has 1 aromatic rings. The molecule has 0 saturated carbocycles. The van der Waals surface area contributed by atoms with Crippen LogP contribution in [0.4, 0.5) is 0 Å². The zero-order valence-corrected chi connectivity index (χ0v) is 11.6. The summed E-state index contributed by atoms with van der Waals surface area (Å²) in [7, 11) is 0. The van der Waals surface area contributed by atoms with Gasteiger partial charge < -0.3 is 5.32 Å². The number of aromatic nitrogens is 3. The van der Waals surface area contributed by atoms with E-state index < -0.39 is 0 Å². The highest BCUT2D eigenvalue weighted by molar-refractivity contribution is 4.90. The van der Waals surface area contributed by atoms with Crippen LogP contribution in [0.5, 0.6) is 0 Å². The van der Waals surface area contributed by atoms with Crippen LogP contribution in [0.3, 0.4) is 0 Å². The Morgan fingerprint density at radius 3 is 2.71 bits per heavy atom. The van der Waals surface area contributed by atoms with Crippen molar-refractivity contribution in [1.29, 1.82) is 0 Å². The Bertz CT molecular complexity index is 306. The lowest BCUT2D eigenvalue weighted by Gasteiger charge is -2.20. The van der Waals surface area contributed by atoms with Crippen LogP contribution in [0.15, 0.2) is 6.33 Å². The second-order valence-corrected chi connectivity index (χ2v) is 4.98. The zero-order chi connectivity index (χ0) is 12.7. The van der Waals surface area contributed by atoms with Gasteiger partial charge in [-0.25, -0.2) is 4.98 Å². The van der Waals surface area contributed by atoms with E-state index in [2.05, 4.69) is 43.1 Å². The molecule has 0 saturated heterocycles. The summed E-state index contributed by atoms with van der Waals surface area (Å²) in [5.41, 5.74) is 0. The first kappa shape index (κ1) is 14.2. The Morgan fingerprint density at radius 2 is 2.12 bits per heavy atom. The summed E-state index contributed by atoms with van der Waals surface area (Å²) >= 11 is 0. The topological polar surface area (TPSA) is 42.7 Å². The van der Waals surface area contributed by atoms with Gasteiger partial charge in [0.1, 0.15) is 12.2 Å². The van der Waals surface area contributed by atoms with E-state index in [-0.39, 0.29) is 0 Å². The minimum Gasteiger partial charge on any atom is -0.314 e. The van der Waals surface area contributed by atoms with Crippen molar-refractivity contribution < 1.29 is 0 Å². The fraction of sp³-hybridized carbons (Fsp3) is 0.846. The van der Waals surface area contributed by atoms with E-state index in [1.54, 1.807) is 6.33 Å². The summed E-state index contributed by atoms with van der Waals surface area (Å²) in [6, 6.07) is 0.518. The maximum atomic E-state index is 4.35. The molecule has 0 aliphatic carbocycles. The van der Waals surface area contributed by atoms with Gasteiger partial charge in [0.2, 0.25) is 0 Å². The number of hydrogen-bond donors (Lipinski definition) is 1. The molecule has 1 atom stereocenters. The Morgan fingerprint density at radius 1 is 1.35 bits per heavy atom. The summed E-state index contributed by atoms with van der Waals surface area (Å²) in [6.45, 7) is 10.8. The van der Waals surface area contributed by atoms with Crippen molar-refractivity contribution in [1.82, 2.24) is 20.1 Å². The van der Waals surface area contributed by atoms with Crippen LogP contribution in [-0.4, -0.2) is 27.4 Å².